The summed E-state index contributed by atoms with van der Waals surface area (Å²) in [6.45, 7) is 10.2. The number of hydrogen-bond donors (Lipinski definition) is 2. The van der Waals surface area contributed by atoms with E-state index < -0.39 is 22.9 Å². The zero-order chi connectivity index (χ0) is 32.3. The Balaban J connectivity index is 1.65. The summed E-state index contributed by atoms with van der Waals surface area (Å²) in [5, 5.41) is 12.5. The van der Waals surface area contributed by atoms with E-state index in [9.17, 15) is 24.3 Å². The fraction of sp³-hybridized carbons (Fsp3) is 0.312. The molecular formula is C32H35N3O8S. The first-order valence-corrected chi connectivity index (χ1v) is 14.7. The van der Waals surface area contributed by atoms with E-state index in [1.54, 1.807) is 76.2 Å². The van der Waals surface area contributed by atoms with Gasteiger partial charge in [0, 0.05) is 20.0 Å². The molecule has 232 valence electrons. The molecule has 3 aromatic carbocycles. The molecule has 0 saturated carbocycles. The van der Waals surface area contributed by atoms with E-state index in [1.165, 1.54) is 24.9 Å². The van der Waals surface area contributed by atoms with Crippen LogP contribution >= 0.6 is 11.8 Å². The first-order valence-electron chi connectivity index (χ1n) is 13.8. The first-order chi connectivity index (χ1) is 20.6. The molecule has 44 heavy (non-hydrogen) atoms. The van der Waals surface area contributed by atoms with Crippen LogP contribution in [0, 0.1) is 13.8 Å². The van der Waals surface area contributed by atoms with Crippen molar-refractivity contribution < 1.29 is 38.6 Å². The molecule has 1 aliphatic rings. The number of thioether (sulfide) groups is 1. The number of hydroxylamine groups is 1. The summed E-state index contributed by atoms with van der Waals surface area (Å²) in [6.07, 6.45) is -0.307. The molecule has 0 aliphatic carbocycles. The van der Waals surface area contributed by atoms with Crippen molar-refractivity contribution in [3.8, 4) is 23.0 Å². The number of benzene rings is 3. The molecule has 0 spiro atoms. The molecule has 0 aromatic heterocycles. The van der Waals surface area contributed by atoms with Crippen molar-refractivity contribution in [2.75, 3.05) is 17.0 Å². The summed E-state index contributed by atoms with van der Waals surface area (Å²) in [7, 11) is 1.52. The molecule has 1 unspecified atom stereocenters. The van der Waals surface area contributed by atoms with Crippen LogP contribution in [0.15, 0.2) is 54.6 Å². The molecule has 1 aliphatic heterocycles. The molecule has 1 atom stereocenters. The van der Waals surface area contributed by atoms with E-state index in [1.807, 2.05) is 6.92 Å². The van der Waals surface area contributed by atoms with Crippen LogP contribution in [-0.4, -0.2) is 46.2 Å². The van der Waals surface area contributed by atoms with Crippen LogP contribution in [-0.2, 0) is 20.7 Å². The molecule has 12 heteroatoms. The standard InChI is InChI=1S/C32H35N3O8S/c1-18-19(2)27(15-14-26(18)37)41-23-12-13-24(25(17-23)34(7)31(40)42-32(4,5)6)35(20(3)36)43-22-10-8-21(9-11-22)16-28-29(38)33-30(39)44-28/h8-15,17,28,37H,16H2,1-7H3,(H,33,38,39). The van der Waals surface area contributed by atoms with Crippen LogP contribution in [0.5, 0.6) is 23.0 Å². The number of nitrogens with one attached hydrogen (secondary N) is 1. The van der Waals surface area contributed by atoms with E-state index in [0.717, 1.165) is 28.0 Å². The third kappa shape index (κ3) is 7.62. The largest absolute Gasteiger partial charge is 0.508 e. The number of amides is 4. The van der Waals surface area contributed by atoms with Gasteiger partial charge in [0.05, 0.1) is 10.9 Å². The van der Waals surface area contributed by atoms with Crippen LogP contribution < -0.4 is 24.9 Å². The van der Waals surface area contributed by atoms with Gasteiger partial charge in [0.15, 0.2) is 5.75 Å². The van der Waals surface area contributed by atoms with E-state index >= 15 is 0 Å². The van der Waals surface area contributed by atoms with Gasteiger partial charge in [-0.3, -0.25) is 24.6 Å². The predicted octanol–water partition coefficient (Wildman–Crippen LogP) is 6.41. The normalized spacial score (nSPS) is 14.6. The number of rotatable bonds is 8. The number of carbonyl (C=O) groups excluding carboxylic acids is 4. The highest BCUT2D eigenvalue weighted by molar-refractivity contribution is 8.15. The second-order valence-electron chi connectivity index (χ2n) is 11.3. The lowest BCUT2D eigenvalue weighted by atomic mass is 10.1. The zero-order valence-electron chi connectivity index (χ0n) is 25.6. The quantitative estimate of drug-likeness (QED) is 0.274. The van der Waals surface area contributed by atoms with E-state index in [4.69, 9.17) is 14.3 Å². The molecule has 4 rings (SSSR count). The van der Waals surface area contributed by atoms with Crippen molar-refractivity contribution >= 4 is 46.3 Å². The van der Waals surface area contributed by atoms with E-state index in [2.05, 4.69) is 5.32 Å². The van der Waals surface area contributed by atoms with E-state index in [0.29, 0.717) is 29.2 Å². The smallest absolute Gasteiger partial charge is 0.414 e. The maximum absolute atomic E-state index is 13.1. The third-order valence-corrected chi connectivity index (χ3v) is 7.71. The lowest BCUT2D eigenvalue weighted by Gasteiger charge is -2.29. The molecule has 0 bridgehead atoms. The number of imide groups is 1. The summed E-state index contributed by atoms with van der Waals surface area (Å²) >= 11 is 0.950. The van der Waals surface area contributed by atoms with Crippen molar-refractivity contribution in [3.63, 3.8) is 0 Å². The molecule has 4 amide bonds. The number of nitrogens with zero attached hydrogens (tertiary/aromatic N) is 2. The highest BCUT2D eigenvalue weighted by Crippen LogP contribution is 2.38. The molecule has 2 N–H and O–H groups in total. The molecule has 0 radical (unpaired) electrons. The van der Waals surface area contributed by atoms with Crippen LogP contribution in [0.3, 0.4) is 0 Å². The van der Waals surface area contributed by atoms with E-state index in [-0.39, 0.29) is 28.3 Å². The summed E-state index contributed by atoms with van der Waals surface area (Å²) in [6, 6.07) is 14.8. The van der Waals surface area contributed by atoms with Gasteiger partial charge in [-0.25, -0.2) is 4.79 Å². The Morgan fingerprint density at radius 1 is 0.955 bits per heavy atom. The van der Waals surface area contributed by atoms with Crippen LogP contribution in [0.25, 0.3) is 0 Å². The lowest BCUT2D eigenvalue weighted by molar-refractivity contribution is -0.120. The zero-order valence-corrected chi connectivity index (χ0v) is 26.4. The SMILES string of the molecule is CC(=O)N(Oc1ccc(CC2SC(=O)NC2=O)cc1)c1ccc(Oc2ccc(O)c(C)c2C)cc1N(C)C(=O)OC(C)(C)C. The molecule has 1 fully saturated rings. The van der Waals surface area contributed by atoms with Gasteiger partial charge in [-0.1, -0.05) is 23.9 Å². The maximum Gasteiger partial charge on any atom is 0.414 e. The topological polar surface area (TPSA) is 135 Å². The van der Waals surface area contributed by atoms with Crippen LogP contribution in [0.2, 0.25) is 0 Å². The minimum atomic E-state index is -0.774. The molecular weight excluding hydrogens is 586 g/mol. The van der Waals surface area contributed by atoms with Crippen molar-refractivity contribution in [1.82, 2.24) is 5.32 Å². The van der Waals surface area contributed by atoms with Gasteiger partial charge >= 0.3 is 6.09 Å². The van der Waals surface area contributed by atoms with Crippen molar-refractivity contribution in [2.45, 2.75) is 58.8 Å². The maximum atomic E-state index is 13.1. The minimum Gasteiger partial charge on any atom is -0.508 e. The van der Waals surface area contributed by atoms with Crippen molar-refractivity contribution in [3.05, 3.63) is 71.3 Å². The lowest BCUT2D eigenvalue weighted by Crippen LogP contribution is -2.37. The number of carbonyl (C=O) groups is 4. The Hall–Kier alpha value is -4.71. The summed E-state index contributed by atoms with van der Waals surface area (Å²) < 4.78 is 11.7. The molecule has 3 aromatic rings. The van der Waals surface area contributed by atoms with Gasteiger partial charge in [-0.05, 0) is 94.1 Å². The summed E-state index contributed by atoms with van der Waals surface area (Å²) in [4.78, 5) is 56.7. The first kappa shape index (κ1) is 32.2. The van der Waals surface area contributed by atoms with Crippen molar-refractivity contribution in [1.29, 1.82) is 0 Å². The Kier molecular flexibility index (Phi) is 9.43. The number of aromatic hydroxyl groups is 1. The third-order valence-electron chi connectivity index (χ3n) is 6.73. The summed E-state index contributed by atoms with van der Waals surface area (Å²) in [5.74, 6) is 0.557. The number of ether oxygens (including phenoxy) is 2. The average Bonchev–Trinajstić information content (AvgIpc) is 3.27. The minimum absolute atomic E-state index is 0.149. The van der Waals surface area contributed by atoms with Gasteiger partial charge in [0.2, 0.25) is 5.91 Å². The second kappa shape index (κ2) is 12.9. The van der Waals surface area contributed by atoms with Gasteiger partial charge in [0.1, 0.15) is 28.5 Å². The van der Waals surface area contributed by atoms with Crippen LogP contribution in [0.4, 0.5) is 21.0 Å². The fourth-order valence-electron chi connectivity index (χ4n) is 4.27. The Morgan fingerprint density at radius 2 is 1.61 bits per heavy atom. The number of phenolic OH excluding ortho intramolecular Hbond substituents is 1. The monoisotopic (exact) mass is 621 g/mol. The average molecular weight is 622 g/mol. The van der Waals surface area contributed by atoms with Crippen molar-refractivity contribution in [2.24, 2.45) is 0 Å². The second-order valence-corrected chi connectivity index (χ2v) is 12.4. The van der Waals surface area contributed by atoms with Gasteiger partial charge in [-0.15, -0.1) is 5.06 Å². The number of phenols is 1. The van der Waals surface area contributed by atoms with Gasteiger partial charge in [-0.2, -0.15) is 0 Å². The highest BCUT2D eigenvalue weighted by Gasteiger charge is 2.32. The molecule has 11 nitrogen and oxygen atoms in total. The molecule has 1 heterocycles. The number of hydrogen-bond acceptors (Lipinski definition) is 9. The Labute approximate surface area is 260 Å². The van der Waals surface area contributed by atoms with Gasteiger partial charge in [0.25, 0.3) is 11.1 Å². The predicted molar refractivity (Wildman–Crippen MR) is 168 cm³/mol. The Bertz CT molecular complexity index is 1600. The highest BCUT2D eigenvalue weighted by atomic mass is 32.2. The number of anilines is 2. The fourth-order valence-corrected chi connectivity index (χ4v) is 5.13. The van der Waals surface area contributed by atoms with Gasteiger partial charge < -0.3 is 19.4 Å². The Morgan fingerprint density at radius 3 is 2.20 bits per heavy atom. The molecule has 1 saturated heterocycles. The van der Waals surface area contributed by atoms with Crippen LogP contribution in [0.1, 0.15) is 44.4 Å². The summed E-state index contributed by atoms with van der Waals surface area (Å²) in [5.41, 5.74) is 1.96.